The Hall–Kier alpha value is -0.570. The molecule has 0 saturated heterocycles. The number of aliphatic carboxylic acids is 1. The SMILES string of the molecule is CCOC1CC(C)CCC1C(=O)O. The molecule has 0 aromatic rings. The van der Waals surface area contributed by atoms with Crippen LogP contribution in [0.1, 0.15) is 33.1 Å². The molecule has 1 aliphatic carbocycles. The van der Waals surface area contributed by atoms with E-state index in [1.54, 1.807) is 0 Å². The number of carbonyl (C=O) groups is 1. The van der Waals surface area contributed by atoms with Gasteiger partial charge < -0.3 is 9.84 Å². The lowest BCUT2D eigenvalue weighted by molar-refractivity contribution is -0.150. The third-order valence-electron chi connectivity index (χ3n) is 2.75. The summed E-state index contributed by atoms with van der Waals surface area (Å²) < 4.78 is 5.45. The van der Waals surface area contributed by atoms with E-state index in [9.17, 15) is 4.79 Å². The lowest BCUT2D eigenvalue weighted by Crippen LogP contribution is -2.36. The van der Waals surface area contributed by atoms with Crippen LogP contribution in [0.25, 0.3) is 0 Å². The summed E-state index contributed by atoms with van der Waals surface area (Å²) in [5.41, 5.74) is 0. The van der Waals surface area contributed by atoms with Crippen molar-refractivity contribution in [2.24, 2.45) is 11.8 Å². The number of carboxylic acids is 1. The molecule has 3 atom stereocenters. The molecule has 1 saturated carbocycles. The molecule has 0 aliphatic heterocycles. The lowest BCUT2D eigenvalue weighted by Gasteiger charge is -2.31. The Balaban J connectivity index is 2.55. The van der Waals surface area contributed by atoms with Gasteiger partial charge in [0.05, 0.1) is 12.0 Å². The van der Waals surface area contributed by atoms with Gasteiger partial charge in [0.25, 0.3) is 0 Å². The van der Waals surface area contributed by atoms with Gasteiger partial charge in [-0.15, -0.1) is 0 Å². The first-order valence-electron chi connectivity index (χ1n) is 4.99. The van der Waals surface area contributed by atoms with Crippen LogP contribution in [0.4, 0.5) is 0 Å². The van der Waals surface area contributed by atoms with Crippen molar-refractivity contribution >= 4 is 5.97 Å². The van der Waals surface area contributed by atoms with Crippen LogP contribution < -0.4 is 0 Å². The van der Waals surface area contributed by atoms with E-state index in [-0.39, 0.29) is 12.0 Å². The Bertz CT molecular complexity index is 179. The number of hydrogen-bond donors (Lipinski definition) is 1. The summed E-state index contributed by atoms with van der Waals surface area (Å²) in [5.74, 6) is -0.381. The van der Waals surface area contributed by atoms with E-state index in [2.05, 4.69) is 6.92 Å². The fourth-order valence-electron chi connectivity index (χ4n) is 2.01. The maximum atomic E-state index is 10.9. The number of carboxylic acid groups (broad SMARTS) is 1. The molecule has 0 aromatic carbocycles. The van der Waals surface area contributed by atoms with Gasteiger partial charge in [-0.05, 0) is 32.1 Å². The quantitative estimate of drug-likeness (QED) is 0.732. The monoisotopic (exact) mass is 186 g/mol. The summed E-state index contributed by atoms with van der Waals surface area (Å²) in [6.45, 7) is 4.68. The zero-order valence-corrected chi connectivity index (χ0v) is 8.32. The van der Waals surface area contributed by atoms with Crippen LogP contribution in [0.15, 0.2) is 0 Å². The third kappa shape index (κ3) is 2.69. The third-order valence-corrected chi connectivity index (χ3v) is 2.75. The molecule has 1 rings (SSSR count). The van der Waals surface area contributed by atoms with E-state index in [0.717, 1.165) is 19.3 Å². The average molecular weight is 186 g/mol. The maximum absolute atomic E-state index is 10.9. The van der Waals surface area contributed by atoms with Gasteiger partial charge in [-0.2, -0.15) is 0 Å². The van der Waals surface area contributed by atoms with E-state index in [0.29, 0.717) is 12.5 Å². The fraction of sp³-hybridized carbons (Fsp3) is 0.900. The highest BCUT2D eigenvalue weighted by molar-refractivity contribution is 5.70. The predicted molar refractivity (Wildman–Crippen MR) is 49.6 cm³/mol. The number of ether oxygens (including phenoxy) is 1. The molecule has 0 bridgehead atoms. The minimum absolute atomic E-state index is 0.0637. The first-order valence-corrected chi connectivity index (χ1v) is 4.99. The van der Waals surface area contributed by atoms with Crippen LogP contribution in [0.2, 0.25) is 0 Å². The van der Waals surface area contributed by atoms with Gasteiger partial charge in [0.15, 0.2) is 0 Å². The summed E-state index contributed by atoms with van der Waals surface area (Å²) in [6, 6.07) is 0. The summed E-state index contributed by atoms with van der Waals surface area (Å²) in [6.07, 6.45) is 2.61. The zero-order chi connectivity index (χ0) is 9.84. The van der Waals surface area contributed by atoms with Gasteiger partial charge >= 0.3 is 5.97 Å². The fourth-order valence-corrected chi connectivity index (χ4v) is 2.01. The first-order chi connectivity index (χ1) is 6.15. The Kier molecular flexibility index (Phi) is 3.72. The second-order valence-corrected chi connectivity index (χ2v) is 3.86. The Morgan fingerprint density at radius 2 is 2.23 bits per heavy atom. The molecule has 1 fully saturated rings. The molecule has 3 heteroatoms. The molecule has 3 unspecified atom stereocenters. The van der Waals surface area contributed by atoms with Gasteiger partial charge in [0.1, 0.15) is 0 Å². The van der Waals surface area contributed by atoms with Crippen LogP contribution in [-0.2, 0) is 9.53 Å². The highest BCUT2D eigenvalue weighted by Gasteiger charge is 2.33. The Labute approximate surface area is 79.1 Å². The van der Waals surface area contributed by atoms with Crippen molar-refractivity contribution in [3.63, 3.8) is 0 Å². The van der Waals surface area contributed by atoms with Gasteiger partial charge in [-0.1, -0.05) is 6.92 Å². The van der Waals surface area contributed by atoms with Crippen molar-refractivity contribution in [3.05, 3.63) is 0 Å². The van der Waals surface area contributed by atoms with Gasteiger partial charge in [-0.25, -0.2) is 0 Å². The van der Waals surface area contributed by atoms with Crippen LogP contribution in [0.5, 0.6) is 0 Å². The smallest absolute Gasteiger partial charge is 0.309 e. The minimum atomic E-state index is -0.703. The van der Waals surface area contributed by atoms with E-state index in [4.69, 9.17) is 9.84 Å². The molecule has 76 valence electrons. The van der Waals surface area contributed by atoms with Gasteiger partial charge in [-0.3, -0.25) is 4.79 Å². The minimum Gasteiger partial charge on any atom is -0.481 e. The maximum Gasteiger partial charge on any atom is 0.309 e. The average Bonchev–Trinajstić information content (AvgIpc) is 2.04. The molecule has 0 spiro atoms. The molecule has 1 N–H and O–H groups in total. The Morgan fingerprint density at radius 1 is 1.54 bits per heavy atom. The molecular formula is C10H18O3. The highest BCUT2D eigenvalue weighted by atomic mass is 16.5. The topological polar surface area (TPSA) is 46.5 Å². The lowest BCUT2D eigenvalue weighted by atomic mass is 9.80. The van der Waals surface area contributed by atoms with E-state index >= 15 is 0 Å². The second-order valence-electron chi connectivity index (χ2n) is 3.86. The van der Waals surface area contributed by atoms with Gasteiger partial charge in [0, 0.05) is 6.61 Å². The largest absolute Gasteiger partial charge is 0.481 e. The first kappa shape index (κ1) is 10.5. The molecule has 13 heavy (non-hydrogen) atoms. The summed E-state index contributed by atoms with van der Waals surface area (Å²) in [7, 11) is 0. The normalized spacial score (nSPS) is 34.5. The van der Waals surface area contributed by atoms with Crippen molar-refractivity contribution in [1.29, 1.82) is 0 Å². The number of hydrogen-bond acceptors (Lipinski definition) is 2. The van der Waals surface area contributed by atoms with Crippen LogP contribution in [-0.4, -0.2) is 23.8 Å². The molecular weight excluding hydrogens is 168 g/mol. The second kappa shape index (κ2) is 4.61. The molecule has 0 amide bonds. The molecule has 0 aromatic heterocycles. The van der Waals surface area contributed by atoms with Crippen molar-refractivity contribution in [1.82, 2.24) is 0 Å². The standard InChI is InChI=1S/C10H18O3/c1-3-13-9-6-7(2)4-5-8(9)10(11)12/h7-9H,3-6H2,1-2H3,(H,11,12). The van der Waals surface area contributed by atoms with Crippen LogP contribution >= 0.6 is 0 Å². The highest BCUT2D eigenvalue weighted by Crippen LogP contribution is 2.30. The van der Waals surface area contributed by atoms with Crippen molar-refractivity contribution in [3.8, 4) is 0 Å². The summed E-state index contributed by atoms with van der Waals surface area (Å²) in [4.78, 5) is 10.9. The molecule has 0 heterocycles. The predicted octanol–water partition coefficient (Wildman–Crippen LogP) is 1.91. The van der Waals surface area contributed by atoms with Crippen molar-refractivity contribution in [2.45, 2.75) is 39.2 Å². The van der Waals surface area contributed by atoms with Gasteiger partial charge in [0.2, 0.25) is 0 Å². The molecule has 1 aliphatic rings. The summed E-state index contributed by atoms with van der Waals surface area (Å²) in [5, 5.41) is 8.94. The van der Waals surface area contributed by atoms with E-state index < -0.39 is 5.97 Å². The molecule has 0 radical (unpaired) electrons. The Morgan fingerprint density at radius 3 is 2.77 bits per heavy atom. The zero-order valence-electron chi connectivity index (χ0n) is 8.32. The van der Waals surface area contributed by atoms with Crippen LogP contribution in [0.3, 0.4) is 0 Å². The summed E-state index contributed by atoms with van der Waals surface area (Å²) >= 11 is 0. The van der Waals surface area contributed by atoms with Crippen LogP contribution in [0, 0.1) is 11.8 Å². The number of rotatable bonds is 3. The van der Waals surface area contributed by atoms with E-state index in [1.807, 2.05) is 6.92 Å². The molecule has 3 nitrogen and oxygen atoms in total. The van der Waals surface area contributed by atoms with Crippen molar-refractivity contribution in [2.75, 3.05) is 6.61 Å². The van der Waals surface area contributed by atoms with Crippen molar-refractivity contribution < 1.29 is 14.6 Å². The van der Waals surface area contributed by atoms with E-state index in [1.165, 1.54) is 0 Å².